The average molecular weight is 432 g/mol. The normalized spacial score (nSPS) is 12.2. The highest BCUT2D eigenvalue weighted by atomic mass is 16.4. The number of hydrogen-bond donors (Lipinski definition) is 4. The third-order valence-corrected chi connectivity index (χ3v) is 4.72. The third kappa shape index (κ3) is 5.37. The van der Waals surface area contributed by atoms with Crippen LogP contribution in [0.15, 0.2) is 84.9 Å². The highest BCUT2D eigenvalue weighted by Gasteiger charge is 2.24. The van der Waals surface area contributed by atoms with Crippen molar-refractivity contribution >= 4 is 23.8 Å². The first kappa shape index (κ1) is 22.2. The van der Waals surface area contributed by atoms with Crippen LogP contribution >= 0.6 is 0 Å². The van der Waals surface area contributed by atoms with E-state index in [1.807, 2.05) is 0 Å². The standard InChI is InChI=1S/C24H20N2O6/c27-21(25-19(23(29)30)15-7-3-1-4-8-15)17-11-13-18(14-12-17)22(28)26-20(24(31)32)16-9-5-2-6-10-16/h1-14,19-20H,(H,25,27)(H,26,28)(H,29,30)(H,31,32)/t19-,20-/m1/s1. The predicted molar refractivity (Wildman–Crippen MR) is 115 cm³/mol. The van der Waals surface area contributed by atoms with E-state index in [2.05, 4.69) is 10.6 Å². The van der Waals surface area contributed by atoms with Crippen LogP contribution in [0, 0.1) is 0 Å². The number of aliphatic carboxylic acids is 2. The van der Waals surface area contributed by atoms with Crippen molar-refractivity contribution in [1.29, 1.82) is 0 Å². The smallest absolute Gasteiger partial charge is 0.330 e. The molecule has 4 N–H and O–H groups in total. The Morgan fingerprint density at radius 2 is 0.844 bits per heavy atom. The van der Waals surface area contributed by atoms with E-state index in [9.17, 15) is 29.4 Å². The highest BCUT2D eigenvalue weighted by molar-refractivity contribution is 6.00. The summed E-state index contributed by atoms with van der Waals surface area (Å²) < 4.78 is 0. The number of carbonyl (C=O) groups excluding carboxylic acids is 2. The summed E-state index contributed by atoms with van der Waals surface area (Å²) in [6.45, 7) is 0. The molecular weight excluding hydrogens is 412 g/mol. The molecule has 8 nitrogen and oxygen atoms in total. The summed E-state index contributed by atoms with van der Waals surface area (Å²) >= 11 is 0. The molecule has 3 aromatic carbocycles. The van der Waals surface area contributed by atoms with Gasteiger partial charge in [-0.05, 0) is 35.4 Å². The van der Waals surface area contributed by atoms with Crippen LogP contribution < -0.4 is 10.6 Å². The lowest BCUT2D eigenvalue weighted by atomic mass is 10.0. The van der Waals surface area contributed by atoms with E-state index in [0.29, 0.717) is 11.1 Å². The molecule has 0 saturated heterocycles. The Morgan fingerprint density at radius 3 is 1.12 bits per heavy atom. The SMILES string of the molecule is O=C(N[C@@H](C(=O)O)c1ccccc1)c1ccc(C(=O)N[C@@H](C(=O)O)c2ccccc2)cc1. The number of nitrogens with one attached hydrogen (secondary N) is 2. The molecule has 32 heavy (non-hydrogen) atoms. The van der Waals surface area contributed by atoms with Crippen molar-refractivity contribution in [3.05, 3.63) is 107 Å². The minimum Gasteiger partial charge on any atom is -0.479 e. The van der Waals surface area contributed by atoms with Gasteiger partial charge >= 0.3 is 11.9 Å². The summed E-state index contributed by atoms with van der Waals surface area (Å²) in [6.07, 6.45) is 0. The summed E-state index contributed by atoms with van der Waals surface area (Å²) in [4.78, 5) is 48.2. The fraction of sp³-hybridized carbons (Fsp3) is 0.0833. The number of carbonyl (C=O) groups is 4. The maximum atomic E-state index is 12.5. The summed E-state index contributed by atoms with van der Waals surface area (Å²) in [7, 11) is 0. The molecule has 0 fully saturated rings. The molecule has 162 valence electrons. The molecule has 8 heteroatoms. The lowest BCUT2D eigenvalue weighted by Gasteiger charge is -2.16. The van der Waals surface area contributed by atoms with Crippen LogP contribution in [0.1, 0.15) is 43.9 Å². The Morgan fingerprint density at radius 1 is 0.531 bits per heavy atom. The van der Waals surface area contributed by atoms with Crippen LogP contribution in [0.3, 0.4) is 0 Å². The monoisotopic (exact) mass is 432 g/mol. The van der Waals surface area contributed by atoms with Gasteiger partial charge in [-0.25, -0.2) is 9.59 Å². The molecule has 0 unspecified atom stereocenters. The van der Waals surface area contributed by atoms with Gasteiger partial charge in [-0.1, -0.05) is 60.7 Å². The van der Waals surface area contributed by atoms with Gasteiger partial charge in [-0.3, -0.25) is 9.59 Å². The van der Waals surface area contributed by atoms with Gasteiger partial charge in [-0.15, -0.1) is 0 Å². The number of amides is 2. The van der Waals surface area contributed by atoms with Crippen molar-refractivity contribution in [2.75, 3.05) is 0 Å². The molecular formula is C24H20N2O6. The Balaban J connectivity index is 1.71. The zero-order chi connectivity index (χ0) is 23.1. The van der Waals surface area contributed by atoms with Crippen LogP contribution in [0.2, 0.25) is 0 Å². The van der Waals surface area contributed by atoms with Gasteiger partial charge in [0, 0.05) is 11.1 Å². The van der Waals surface area contributed by atoms with Crippen molar-refractivity contribution in [2.24, 2.45) is 0 Å². The van der Waals surface area contributed by atoms with E-state index in [-0.39, 0.29) is 11.1 Å². The Bertz CT molecular complexity index is 1020. The summed E-state index contributed by atoms with van der Waals surface area (Å²) in [5, 5.41) is 23.8. The van der Waals surface area contributed by atoms with Crippen molar-refractivity contribution in [1.82, 2.24) is 10.6 Å². The van der Waals surface area contributed by atoms with E-state index in [1.54, 1.807) is 60.7 Å². The molecule has 0 aliphatic rings. The summed E-state index contributed by atoms with van der Waals surface area (Å²) in [6, 6.07) is 19.6. The summed E-state index contributed by atoms with van der Waals surface area (Å²) in [5.74, 6) is -3.66. The van der Waals surface area contributed by atoms with E-state index in [0.717, 1.165) is 0 Å². The molecule has 2 amide bonds. The second-order valence-electron chi connectivity index (χ2n) is 6.89. The van der Waals surface area contributed by atoms with Crippen molar-refractivity contribution in [3.8, 4) is 0 Å². The molecule has 0 aromatic heterocycles. The van der Waals surface area contributed by atoms with Gasteiger partial charge in [0.15, 0.2) is 12.1 Å². The average Bonchev–Trinajstić information content (AvgIpc) is 2.81. The lowest BCUT2D eigenvalue weighted by Crippen LogP contribution is -2.34. The van der Waals surface area contributed by atoms with Crippen molar-refractivity contribution < 1.29 is 29.4 Å². The van der Waals surface area contributed by atoms with Gasteiger partial charge in [0.2, 0.25) is 0 Å². The first-order chi connectivity index (χ1) is 15.4. The minimum absolute atomic E-state index is 0.154. The lowest BCUT2D eigenvalue weighted by molar-refractivity contribution is -0.140. The highest BCUT2D eigenvalue weighted by Crippen LogP contribution is 2.16. The number of hydrogen-bond acceptors (Lipinski definition) is 4. The van der Waals surface area contributed by atoms with E-state index < -0.39 is 35.8 Å². The zero-order valence-electron chi connectivity index (χ0n) is 16.8. The van der Waals surface area contributed by atoms with Crippen molar-refractivity contribution in [2.45, 2.75) is 12.1 Å². The second kappa shape index (κ2) is 10.0. The van der Waals surface area contributed by atoms with Gasteiger partial charge in [0.05, 0.1) is 0 Å². The molecule has 2 atom stereocenters. The second-order valence-corrected chi connectivity index (χ2v) is 6.89. The zero-order valence-corrected chi connectivity index (χ0v) is 16.8. The predicted octanol–water partition coefficient (Wildman–Crippen LogP) is 2.80. The van der Waals surface area contributed by atoms with Crippen LogP contribution in [-0.2, 0) is 9.59 Å². The fourth-order valence-electron chi connectivity index (χ4n) is 3.07. The number of carboxylic acids is 2. The van der Waals surface area contributed by atoms with Crippen LogP contribution in [0.4, 0.5) is 0 Å². The molecule has 0 heterocycles. The topological polar surface area (TPSA) is 133 Å². The van der Waals surface area contributed by atoms with Gasteiger partial charge in [-0.2, -0.15) is 0 Å². The van der Waals surface area contributed by atoms with Crippen LogP contribution in [0.5, 0.6) is 0 Å². The summed E-state index contributed by atoms with van der Waals surface area (Å²) in [5.41, 5.74) is 1.15. The van der Waals surface area contributed by atoms with E-state index in [4.69, 9.17) is 0 Å². The van der Waals surface area contributed by atoms with Gasteiger partial charge in [0.1, 0.15) is 0 Å². The van der Waals surface area contributed by atoms with E-state index in [1.165, 1.54) is 24.3 Å². The van der Waals surface area contributed by atoms with E-state index >= 15 is 0 Å². The molecule has 0 spiro atoms. The Hall–Kier alpha value is -4.46. The number of carboxylic acid groups (broad SMARTS) is 2. The van der Waals surface area contributed by atoms with Crippen LogP contribution in [-0.4, -0.2) is 34.0 Å². The van der Waals surface area contributed by atoms with Crippen LogP contribution in [0.25, 0.3) is 0 Å². The van der Waals surface area contributed by atoms with Gasteiger partial charge in [0.25, 0.3) is 11.8 Å². The first-order valence-corrected chi connectivity index (χ1v) is 9.64. The number of benzene rings is 3. The number of rotatable bonds is 8. The minimum atomic E-state index is -1.23. The quantitative estimate of drug-likeness (QED) is 0.433. The largest absolute Gasteiger partial charge is 0.479 e. The van der Waals surface area contributed by atoms with Crippen molar-refractivity contribution in [3.63, 3.8) is 0 Å². The fourth-order valence-corrected chi connectivity index (χ4v) is 3.07. The molecule has 0 saturated carbocycles. The van der Waals surface area contributed by atoms with Gasteiger partial charge < -0.3 is 20.8 Å². The maximum Gasteiger partial charge on any atom is 0.330 e. The Kier molecular flexibility index (Phi) is 6.97. The molecule has 0 aliphatic heterocycles. The third-order valence-electron chi connectivity index (χ3n) is 4.72. The first-order valence-electron chi connectivity index (χ1n) is 9.64. The maximum absolute atomic E-state index is 12.5. The molecule has 3 aromatic rings. The Labute approximate surface area is 183 Å². The molecule has 0 bridgehead atoms. The molecule has 0 aliphatic carbocycles. The molecule has 0 radical (unpaired) electrons. The molecule has 3 rings (SSSR count).